The minimum Gasteiger partial charge on any atom is -0.399 e. The second-order valence-corrected chi connectivity index (χ2v) is 4.97. The van der Waals surface area contributed by atoms with Gasteiger partial charge in [-0.25, -0.2) is 0 Å². The van der Waals surface area contributed by atoms with Crippen LogP contribution in [0.3, 0.4) is 0 Å². The smallest absolute Gasteiger partial charge is 0.253 e. The van der Waals surface area contributed by atoms with Gasteiger partial charge in [0, 0.05) is 30.5 Å². The Hall–Kier alpha value is -1.75. The summed E-state index contributed by atoms with van der Waals surface area (Å²) in [6, 6.07) is 5.53. The molecule has 106 valence electrons. The van der Waals surface area contributed by atoms with Crippen LogP contribution in [0.2, 0.25) is 0 Å². The molecule has 1 unspecified atom stereocenters. The molecule has 0 radical (unpaired) electrons. The number of nitrogen functional groups attached to an aromatic ring is 1. The first-order chi connectivity index (χ1) is 8.93. The Bertz CT molecular complexity index is 431. The number of nitrogens with two attached hydrogens (primary N) is 1. The summed E-state index contributed by atoms with van der Waals surface area (Å²) >= 11 is 0. The molecule has 0 saturated carbocycles. The third-order valence-electron chi connectivity index (χ3n) is 2.67. The van der Waals surface area contributed by atoms with E-state index < -0.39 is 0 Å². The summed E-state index contributed by atoms with van der Waals surface area (Å²) in [6.07, 6.45) is 0. The Morgan fingerprint density at radius 3 is 2.68 bits per heavy atom. The molecular weight excluding hydrogens is 240 g/mol. The van der Waals surface area contributed by atoms with E-state index in [9.17, 15) is 4.79 Å². The Labute approximate surface area is 115 Å². The lowest BCUT2D eigenvalue weighted by atomic mass is 10.1. The molecule has 19 heavy (non-hydrogen) atoms. The van der Waals surface area contributed by atoms with Gasteiger partial charge in [0.25, 0.3) is 5.91 Å². The topological polar surface area (TPSA) is 70.4 Å². The van der Waals surface area contributed by atoms with Gasteiger partial charge in [0.15, 0.2) is 0 Å². The number of anilines is 2. The lowest BCUT2D eigenvalue weighted by Crippen LogP contribution is -2.31. The SMILES string of the molecule is CCNC(=O)c1ccc(N)cc1NC(C)CN(C)C. The predicted molar refractivity (Wildman–Crippen MR) is 80.5 cm³/mol. The number of carbonyl (C=O) groups is 1. The number of hydrogen-bond acceptors (Lipinski definition) is 4. The van der Waals surface area contributed by atoms with Gasteiger partial charge in [-0.15, -0.1) is 0 Å². The van der Waals surface area contributed by atoms with Crippen LogP contribution in [0.4, 0.5) is 11.4 Å². The number of nitrogens with zero attached hydrogens (tertiary/aromatic N) is 1. The van der Waals surface area contributed by atoms with E-state index in [1.807, 2.05) is 21.0 Å². The molecule has 1 atom stereocenters. The van der Waals surface area contributed by atoms with Crippen molar-refractivity contribution in [3.63, 3.8) is 0 Å². The summed E-state index contributed by atoms with van der Waals surface area (Å²) < 4.78 is 0. The lowest BCUT2D eigenvalue weighted by molar-refractivity contribution is 0.0956. The molecule has 0 bridgehead atoms. The molecule has 5 heteroatoms. The molecule has 1 amide bonds. The minimum atomic E-state index is -0.0814. The summed E-state index contributed by atoms with van der Waals surface area (Å²) in [5, 5.41) is 6.14. The Kier molecular flexibility index (Phi) is 5.63. The Morgan fingerprint density at radius 1 is 1.42 bits per heavy atom. The molecule has 0 heterocycles. The first-order valence-corrected chi connectivity index (χ1v) is 6.53. The van der Waals surface area contributed by atoms with Crippen molar-refractivity contribution in [2.24, 2.45) is 0 Å². The minimum absolute atomic E-state index is 0.0814. The maximum absolute atomic E-state index is 12.0. The van der Waals surface area contributed by atoms with Crippen LogP contribution < -0.4 is 16.4 Å². The highest BCUT2D eigenvalue weighted by Gasteiger charge is 2.13. The van der Waals surface area contributed by atoms with Gasteiger partial charge in [0.1, 0.15) is 0 Å². The normalized spacial score (nSPS) is 12.3. The number of likely N-dealkylation sites (N-methyl/N-ethyl adjacent to an activating group) is 1. The van der Waals surface area contributed by atoms with E-state index in [2.05, 4.69) is 22.5 Å². The van der Waals surface area contributed by atoms with Gasteiger partial charge in [0.2, 0.25) is 0 Å². The zero-order chi connectivity index (χ0) is 14.4. The molecule has 0 aliphatic heterocycles. The highest BCUT2D eigenvalue weighted by atomic mass is 16.1. The van der Waals surface area contributed by atoms with Crippen LogP contribution in [0.1, 0.15) is 24.2 Å². The highest BCUT2D eigenvalue weighted by Crippen LogP contribution is 2.20. The number of nitrogens with one attached hydrogen (secondary N) is 2. The van der Waals surface area contributed by atoms with Crippen LogP contribution in [0.5, 0.6) is 0 Å². The fraction of sp³-hybridized carbons (Fsp3) is 0.500. The van der Waals surface area contributed by atoms with E-state index >= 15 is 0 Å². The number of amides is 1. The first-order valence-electron chi connectivity index (χ1n) is 6.53. The zero-order valence-electron chi connectivity index (χ0n) is 12.2. The van der Waals surface area contributed by atoms with Crippen molar-refractivity contribution in [1.82, 2.24) is 10.2 Å². The first kappa shape index (κ1) is 15.3. The Morgan fingerprint density at radius 2 is 2.11 bits per heavy atom. The second kappa shape index (κ2) is 6.99. The van der Waals surface area contributed by atoms with E-state index in [1.165, 1.54) is 0 Å². The fourth-order valence-corrected chi connectivity index (χ4v) is 1.99. The van der Waals surface area contributed by atoms with Crippen LogP contribution in [-0.4, -0.2) is 44.0 Å². The molecule has 0 aliphatic rings. The number of hydrogen-bond donors (Lipinski definition) is 3. The summed E-state index contributed by atoms with van der Waals surface area (Å²) in [5.41, 5.74) is 7.85. The molecule has 0 fully saturated rings. The van der Waals surface area contributed by atoms with Crippen molar-refractivity contribution in [2.45, 2.75) is 19.9 Å². The van der Waals surface area contributed by atoms with Gasteiger partial charge >= 0.3 is 0 Å². The van der Waals surface area contributed by atoms with Gasteiger partial charge in [-0.05, 0) is 46.1 Å². The van der Waals surface area contributed by atoms with Crippen molar-refractivity contribution in [3.05, 3.63) is 23.8 Å². The number of carbonyl (C=O) groups excluding carboxylic acids is 1. The maximum Gasteiger partial charge on any atom is 0.253 e. The van der Waals surface area contributed by atoms with Gasteiger partial charge in [-0.2, -0.15) is 0 Å². The van der Waals surface area contributed by atoms with Gasteiger partial charge in [-0.1, -0.05) is 0 Å². The van der Waals surface area contributed by atoms with E-state index in [1.54, 1.807) is 18.2 Å². The van der Waals surface area contributed by atoms with Gasteiger partial charge < -0.3 is 21.3 Å². The molecular formula is C14H24N4O. The number of rotatable bonds is 6. The van der Waals surface area contributed by atoms with Crippen molar-refractivity contribution < 1.29 is 4.79 Å². The monoisotopic (exact) mass is 264 g/mol. The molecule has 0 aromatic heterocycles. The van der Waals surface area contributed by atoms with Crippen molar-refractivity contribution in [2.75, 3.05) is 38.2 Å². The molecule has 1 rings (SSSR count). The molecule has 0 spiro atoms. The van der Waals surface area contributed by atoms with Gasteiger partial charge in [-0.3, -0.25) is 4.79 Å². The summed E-state index contributed by atoms with van der Waals surface area (Å²) in [5.74, 6) is -0.0814. The van der Waals surface area contributed by atoms with Crippen LogP contribution in [0.15, 0.2) is 18.2 Å². The molecule has 4 N–H and O–H groups in total. The Balaban J connectivity index is 2.91. The molecule has 0 aliphatic carbocycles. The van der Waals surface area contributed by atoms with Crippen LogP contribution in [0.25, 0.3) is 0 Å². The summed E-state index contributed by atoms with van der Waals surface area (Å²) in [4.78, 5) is 14.1. The largest absolute Gasteiger partial charge is 0.399 e. The summed E-state index contributed by atoms with van der Waals surface area (Å²) in [7, 11) is 4.03. The molecule has 1 aromatic carbocycles. The second-order valence-electron chi connectivity index (χ2n) is 4.97. The van der Waals surface area contributed by atoms with E-state index in [0.29, 0.717) is 17.8 Å². The lowest BCUT2D eigenvalue weighted by Gasteiger charge is -2.21. The predicted octanol–water partition coefficient (Wildman–Crippen LogP) is 1.38. The van der Waals surface area contributed by atoms with Crippen LogP contribution >= 0.6 is 0 Å². The van der Waals surface area contributed by atoms with E-state index in [-0.39, 0.29) is 11.9 Å². The maximum atomic E-state index is 12.0. The third kappa shape index (κ3) is 4.79. The van der Waals surface area contributed by atoms with Crippen molar-refractivity contribution in [1.29, 1.82) is 0 Å². The fourth-order valence-electron chi connectivity index (χ4n) is 1.99. The third-order valence-corrected chi connectivity index (χ3v) is 2.67. The highest BCUT2D eigenvalue weighted by molar-refractivity contribution is 6.00. The van der Waals surface area contributed by atoms with Crippen LogP contribution in [0, 0.1) is 0 Å². The number of benzene rings is 1. The van der Waals surface area contributed by atoms with Crippen LogP contribution in [-0.2, 0) is 0 Å². The van der Waals surface area contributed by atoms with E-state index in [4.69, 9.17) is 5.73 Å². The molecule has 5 nitrogen and oxygen atoms in total. The zero-order valence-corrected chi connectivity index (χ0v) is 12.2. The van der Waals surface area contributed by atoms with Gasteiger partial charge in [0.05, 0.1) is 5.56 Å². The molecule has 1 aromatic rings. The molecule has 0 saturated heterocycles. The van der Waals surface area contributed by atoms with Crippen molar-refractivity contribution in [3.8, 4) is 0 Å². The van der Waals surface area contributed by atoms with E-state index in [0.717, 1.165) is 12.2 Å². The average molecular weight is 264 g/mol. The van der Waals surface area contributed by atoms with Crippen molar-refractivity contribution >= 4 is 17.3 Å². The summed E-state index contributed by atoms with van der Waals surface area (Å²) in [6.45, 7) is 5.46. The quantitative estimate of drug-likeness (QED) is 0.679. The standard InChI is InChI=1S/C14H24N4O/c1-5-16-14(19)12-7-6-11(15)8-13(12)17-10(2)9-18(3)4/h6-8,10,17H,5,9,15H2,1-4H3,(H,16,19). The average Bonchev–Trinajstić information content (AvgIpc) is 2.27.